The molecule has 2 aromatic rings. The second kappa shape index (κ2) is 6.82. The highest BCUT2D eigenvalue weighted by atomic mass is 35.5. The first-order chi connectivity index (χ1) is 10.9. The monoisotopic (exact) mass is 332 g/mol. The number of hydrogen-bond donors (Lipinski definition) is 1. The van der Waals surface area contributed by atoms with Crippen LogP contribution in [0.1, 0.15) is 23.0 Å². The lowest BCUT2D eigenvalue weighted by atomic mass is 10.1. The molecule has 6 nitrogen and oxygen atoms in total. The molecule has 0 aliphatic heterocycles. The molecule has 1 atom stereocenters. The molecular formula is C16H17ClN4O2. The highest BCUT2D eigenvalue weighted by molar-refractivity contribution is 6.32. The van der Waals surface area contributed by atoms with E-state index in [1.165, 1.54) is 13.3 Å². The van der Waals surface area contributed by atoms with Gasteiger partial charge in [-0.3, -0.25) is 4.79 Å². The van der Waals surface area contributed by atoms with Gasteiger partial charge in [-0.2, -0.15) is 10.4 Å². The van der Waals surface area contributed by atoms with Gasteiger partial charge in [-0.15, -0.1) is 0 Å². The number of aromatic nitrogens is 2. The van der Waals surface area contributed by atoms with Crippen LogP contribution in [0.4, 0.5) is 0 Å². The number of carbonyl (C=O) groups is 1. The maximum absolute atomic E-state index is 12.4. The summed E-state index contributed by atoms with van der Waals surface area (Å²) in [6, 6.07) is 9.27. The molecule has 1 N–H and O–H groups in total. The first-order valence-electron chi connectivity index (χ1n) is 6.94. The van der Waals surface area contributed by atoms with E-state index in [0.29, 0.717) is 22.0 Å². The SMILES string of the molecule is COC[C@@](C)(C#N)NC(=O)c1cnn(-c2ccccc2Cl)c1C. The molecule has 1 amide bonds. The summed E-state index contributed by atoms with van der Waals surface area (Å²) in [4.78, 5) is 12.4. The Hall–Kier alpha value is -2.36. The summed E-state index contributed by atoms with van der Waals surface area (Å²) < 4.78 is 6.57. The van der Waals surface area contributed by atoms with Crippen molar-refractivity contribution >= 4 is 17.5 Å². The highest BCUT2D eigenvalue weighted by Gasteiger charge is 2.28. The second-order valence-electron chi connectivity index (χ2n) is 5.34. The fourth-order valence-corrected chi connectivity index (χ4v) is 2.42. The third-order valence-corrected chi connectivity index (χ3v) is 3.72. The number of methoxy groups -OCH3 is 1. The van der Waals surface area contributed by atoms with E-state index in [2.05, 4.69) is 10.4 Å². The summed E-state index contributed by atoms with van der Waals surface area (Å²) in [7, 11) is 1.47. The van der Waals surface area contributed by atoms with E-state index in [9.17, 15) is 10.1 Å². The van der Waals surface area contributed by atoms with Gasteiger partial charge in [0.2, 0.25) is 0 Å². The zero-order valence-electron chi connectivity index (χ0n) is 13.1. The quantitative estimate of drug-likeness (QED) is 0.912. The summed E-state index contributed by atoms with van der Waals surface area (Å²) >= 11 is 6.17. The third kappa shape index (κ3) is 3.52. The summed E-state index contributed by atoms with van der Waals surface area (Å²) in [6.07, 6.45) is 1.46. The number of nitrogens with one attached hydrogen (secondary N) is 1. The van der Waals surface area contributed by atoms with E-state index in [0.717, 1.165) is 0 Å². The molecule has 0 radical (unpaired) electrons. The normalized spacial score (nSPS) is 13.2. The van der Waals surface area contributed by atoms with Crippen LogP contribution in [0.3, 0.4) is 0 Å². The number of hydrogen-bond acceptors (Lipinski definition) is 4. The van der Waals surface area contributed by atoms with Gasteiger partial charge in [-0.25, -0.2) is 4.68 Å². The van der Waals surface area contributed by atoms with Crippen LogP contribution in [0.2, 0.25) is 5.02 Å². The molecule has 0 saturated carbocycles. The number of ether oxygens (including phenoxy) is 1. The van der Waals surface area contributed by atoms with Gasteiger partial charge in [0.15, 0.2) is 0 Å². The number of amides is 1. The lowest BCUT2D eigenvalue weighted by Crippen LogP contribution is -2.48. The van der Waals surface area contributed by atoms with E-state index in [-0.39, 0.29) is 12.5 Å². The molecule has 1 heterocycles. The van der Waals surface area contributed by atoms with Crippen LogP contribution in [-0.2, 0) is 4.74 Å². The van der Waals surface area contributed by atoms with Crippen molar-refractivity contribution in [3.8, 4) is 11.8 Å². The van der Waals surface area contributed by atoms with E-state index in [1.54, 1.807) is 24.6 Å². The van der Waals surface area contributed by atoms with Gasteiger partial charge in [0.1, 0.15) is 5.54 Å². The average Bonchev–Trinajstić information content (AvgIpc) is 2.89. The van der Waals surface area contributed by atoms with Gasteiger partial charge in [-0.1, -0.05) is 23.7 Å². The molecule has 1 aromatic heterocycles. The van der Waals surface area contributed by atoms with Crippen LogP contribution in [0.15, 0.2) is 30.5 Å². The van der Waals surface area contributed by atoms with E-state index in [4.69, 9.17) is 16.3 Å². The predicted octanol–water partition coefficient (Wildman–Crippen LogP) is 2.49. The van der Waals surface area contributed by atoms with Crippen molar-refractivity contribution < 1.29 is 9.53 Å². The molecule has 0 fully saturated rings. The second-order valence-corrected chi connectivity index (χ2v) is 5.75. The zero-order chi connectivity index (χ0) is 17.0. The van der Waals surface area contributed by atoms with Crippen molar-refractivity contribution in [3.05, 3.63) is 46.7 Å². The van der Waals surface area contributed by atoms with Crippen molar-refractivity contribution in [2.45, 2.75) is 19.4 Å². The predicted molar refractivity (Wildman–Crippen MR) is 86.7 cm³/mol. The lowest BCUT2D eigenvalue weighted by molar-refractivity contribution is 0.0859. The molecule has 0 bridgehead atoms. The fourth-order valence-electron chi connectivity index (χ4n) is 2.20. The topological polar surface area (TPSA) is 79.9 Å². The zero-order valence-corrected chi connectivity index (χ0v) is 13.9. The number of carbonyl (C=O) groups excluding carboxylic acids is 1. The molecule has 0 aliphatic carbocycles. The largest absolute Gasteiger partial charge is 0.381 e. The molecule has 1 aromatic carbocycles. The number of rotatable bonds is 5. The Morgan fingerprint density at radius 1 is 1.52 bits per heavy atom. The molecule has 7 heteroatoms. The van der Waals surface area contributed by atoms with Crippen LogP contribution in [0.5, 0.6) is 0 Å². The van der Waals surface area contributed by atoms with E-state index < -0.39 is 5.54 Å². The van der Waals surface area contributed by atoms with Gasteiger partial charge >= 0.3 is 0 Å². The molecule has 120 valence electrons. The number of para-hydroxylation sites is 1. The number of halogens is 1. The number of nitriles is 1. The Bertz CT molecular complexity index is 766. The maximum Gasteiger partial charge on any atom is 0.256 e. The Morgan fingerprint density at radius 3 is 2.83 bits per heavy atom. The van der Waals surface area contributed by atoms with Gasteiger partial charge in [0, 0.05) is 7.11 Å². The average molecular weight is 333 g/mol. The van der Waals surface area contributed by atoms with Crippen molar-refractivity contribution in [3.63, 3.8) is 0 Å². The summed E-state index contributed by atoms with van der Waals surface area (Å²) in [5.74, 6) is -0.387. The van der Waals surface area contributed by atoms with Crippen LogP contribution in [0, 0.1) is 18.3 Å². The highest BCUT2D eigenvalue weighted by Crippen LogP contribution is 2.22. The minimum absolute atomic E-state index is 0.0902. The standard InChI is InChI=1S/C16H17ClN4O2/c1-11-12(15(22)20-16(2,9-18)10-23-3)8-19-21(11)14-7-5-4-6-13(14)17/h4-8H,10H2,1-3H3,(H,20,22)/t16-/m1/s1. The van der Waals surface area contributed by atoms with Gasteiger partial charge in [0.05, 0.1) is 40.8 Å². The molecule has 0 unspecified atom stereocenters. The first kappa shape index (κ1) is 17.0. The number of nitrogens with zero attached hydrogens (tertiary/aromatic N) is 3. The fraction of sp³-hybridized carbons (Fsp3) is 0.312. The Balaban J connectivity index is 2.31. The summed E-state index contributed by atoms with van der Waals surface area (Å²) in [5, 5.41) is 16.6. The lowest BCUT2D eigenvalue weighted by Gasteiger charge is -2.21. The third-order valence-electron chi connectivity index (χ3n) is 3.40. The van der Waals surface area contributed by atoms with Crippen molar-refractivity contribution in [1.29, 1.82) is 5.26 Å². The maximum atomic E-state index is 12.4. The van der Waals surface area contributed by atoms with Crippen LogP contribution in [-0.4, -0.2) is 34.9 Å². The summed E-state index contributed by atoms with van der Waals surface area (Å²) in [6.45, 7) is 3.46. The smallest absolute Gasteiger partial charge is 0.256 e. The van der Waals surface area contributed by atoms with Gasteiger partial charge in [0.25, 0.3) is 5.91 Å². The van der Waals surface area contributed by atoms with Crippen LogP contribution >= 0.6 is 11.6 Å². The Labute approximate surface area is 139 Å². The molecular weight excluding hydrogens is 316 g/mol. The minimum Gasteiger partial charge on any atom is -0.381 e. The Kier molecular flexibility index (Phi) is 5.04. The number of benzene rings is 1. The molecule has 2 rings (SSSR count). The van der Waals surface area contributed by atoms with Crippen molar-refractivity contribution in [2.24, 2.45) is 0 Å². The van der Waals surface area contributed by atoms with Crippen molar-refractivity contribution in [2.75, 3.05) is 13.7 Å². The van der Waals surface area contributed by atoms with E-state index >= 15 is 0 Å². The van der Waals surface area contributed by atoms with Crippen molar-refractivity contribution in [1.82, 2.24) is 15.1 Å². The van der Waals surface area contributed by atoms with Crippen LogP contribution in [0.25, 0.3) is 5.69 Å². The Morgan fingerprint density at radius 2 is 2.22 bits per heavy atom. The summed E-state index contributed by atoms with van der Waals surface area (Å²) in [5.41, 5.74) is 0.589. The van der Waals surface area contributed by atoms with Gasteiger partial charge in [-0.05, 0) is 26.0 Å². The molecule has 0 saturated heterocycles. The van der Waals surface area contributed by atoms with Crippen LogP contribution < -0.4 is 5.32 Å². The van der Waals surface area contributed by atoms with E-state index in [1.807, 2.05) is 24.3 Å². The molecule has 0 spiro atoms. The minimum atomic E-state index is -1.11. The van der Waals surface area contributed by atoms with Gasteiger partial charge < -0.3 is 10.1 Å². The molecule has 23 heavy (non-hydrogen) atoms. The first-order valence-corrected chi connectivity index (χ1v) is 7.32. The molecule has 0 aliphatic rings.